The fourth-order valence-electron chi connectivity index (χ4n) is 4.33. The Morgan fingerprint density at radius 2 is 0.733 bits per heavy atom. The molecule has 2 heterocycles. The number of hydrogen-bond acceptors (Lipinski definition) is 2. The van der Waals surface area contributed by atoms with Gasteiger partial charge < -0.3 is 10.6 Å². The van der Waals surface area contributed by atoms with Crippen LogP contribution in [0.3, 0.4) is 0 Å². The van der Waals surface area contributed by atoms with Crippen molar-refractivity contribution in [2.75, 3.05) is 10.6 Å². The first kappa shape index (κ1) is 16.9. The first-order valence-electron chi connectivity index (χ1n) is 10.2. The summed E-state index contributed by atoms with van der Waals surface area (Å²) in [6.45, 7) is 0. The highest BCUT2D eigenvalue weighted by Crippen LogP contribution is 2.45. The molecule has 0 atom stereocenters. The van der Waals surface area contributed by atoms with E-state index in [-0.39, 0.29) is 0 Å². The van der Waals surface area contributed by atoms with Crippen molar-refractivity contribution in [3.63, 3.8) is 0 Å². The molecule has 0 fully saturated rings. The minimum Gasteiger partial charge on any atom is -0.355 e. The third-order valence-electron chi connectivity index (χ3n) is 5.78. The van der Waals surface area contributed by atoms with Gasteiger partial charge in [-0.05, 0) is 58.7 Å². The molecule has 142 valence electrons. The summed E-state index contributed by atoms with van der Waals surface area (Å²) in [5, 5.41) is 7.27. The van der Waals surface area contributed by atoms with E-state index in [0.717, 1.165) is 22.7 Å². The van der Waals surface area contributed by atoms with E-state index in [2.05, 4.69) is 120 Å². The highest BCUT2D eigenvalue weighted by molar-refractivity contribution is 6.21. The Morgan fingerprint density at radius 1 is 0.367 bits per heavy atom. The number of hydrogen-bond donors (Lipinski definition) is 2. The van der Waals surface area contributed by atoms with Gasteiger partial charge in [-0.3, -0.25) is 0 Å². The molecule has 2 aliphatic heterocycles. The van der Waals surface area contributed by atoms with Crippen LogP contribution in [-0.2, 0) is 0 Å². The summed E-state index contributed by atoms with van der Waals surface area (Å²) in [5.41, 5.74) is 11.7. The quantitative estimate of drug-likeness (QED) is 0.353. The molecule has 4 aromatic rings. The number of nitrogens with one attached hydrogen (secondary N) is 2. The summed E-state index contributed by atoms with van der Waals surface area (Å²) in [6, 6.07) is 34.1. The molecule has 2 aliphatic rings. The molecule has 6 rings (SSSR count). The van der Waals surface area contributed by atoms with Gasteiger partial charge in [-0.1, -0.05) is 72.8 Å². The normalized spacial score (nSPS) is 13.6. The number of para-hydroxylation sites is 4. The maximum absolute atomic E-state index is 3.64. The van der Waals surface area contributed by atoms with Gasteiger partial charge in [-0.15, -0.1) is 0 Å². The van der Waals surface area contributed by atoms with Gasteiger partial charge in [0.25, 0.3) is 0 Å². The maximum Gasteiger partial charge on any atom is 0.0464 e. The molecular formula is C28H20N2. The topological polar surface area (TPSA) is 24.1 Å². The summed E-state index contributed by atoms with van der Waals surface area (Å²) >= 11 is 0. The van der Waals surface area contributed by atoms with Crippen molar-refractivity contribution in [3.05, 3.63) is 119 Å². The largest absolute Gasteiger partial charge is 0.355 e. The van der Waals surface area contributed by atoms with Crippen LogP contribution in [0.4, 0.5) is 22.7 Å². The average molecular weight is 384 g/mol. The predicted molar refractivity (Wildman–Crippen MR) is 128 cm³/mol. The Labute approximate surface area is 176 Å². The lowest BCUT2D eigenvalue weighted by molar-refractivity contribution is 1.52. The van der Waals surface area contributed by atoms with Crippen LogP contribution < -0.4 is 10.6 Å². The Hall–Kier alpha value is -4.04. The van der Waals surface area contributed by atoms with Gasteiger partial charge in [0.15, 0.2) is 0 Å². The summed E-state index contributed by atoms with van der Waals surface area (Å²) in [4.78, 5) is 0. The van der Waals surface area contributed by atoms with Crippen molar-refractivity contribution in [2.45, 2.75) is 0 Å². The molecule has 4 aromatic carbocycles. The molecular weight excluding hydrogens is 364 g/mol. The van der Waals surface area contributed by atoms with Gasteiger partial charge >= 0.3 is 0 Å². The van der Waals surface area contributed by atoms with Gasteiger partial charge in [0.1, 0.15) is 0 Å². The van der Waals surface area contributed by atoms with Crippen molar-refractivity contribution in [2.24, 2.45) is 0 Å². The molecule has 0 unspecified atom stereocenters. The van der Waals surface area contributed by atoms with Gasteiger partial charge in [0.2, 0.25) is 0 Å². The first-order chi connectivity index (χ1) is 14.9. The lowest BCUT2D eigenvalue weighted by atomic mass is 9.89. The molecule has 2 nitrogen and oxygen atoms in total. The lowest BCUT2D eigenvalue weighted by Gasteiger charge is -2.16. The van der Waals surface area contributed by atoms with E-state index in [1.54, 1.807) is 0 Å². The van der Waals surface area contributed by atoms with Gasteiger partial charge in [-0.25, -0.2) is 0 Å². The van der Waals surface area contributed by atoms with E-state index in [1.165, 1.54) is 33.4 Å². The molecule has 30 heavy (non-hydrogen) atoms. The lowest BCUT2D eigenvalue weighted by Crippen LogP contribution is -1.96. The molecule has 0 aromatic heterocycles. The van der Waals surface area contributed by atoms with Crippen LogP contribution in [0.15, 0.2) is 97.1 Å². The molecule has 0 saturated heterocycles. The Morgan fingerprint density at radius 3 is 1.20 bits per heavy atom. The third-order valence-corrected chi connectivity index (χ3v) is 5.78. The highest BCUT2D eigenvalue weighted by atomic mass is 14.9. The second-order valence-electron chi connectivity index (χ2n) is 7.63. The van der Waals surface area contributed by atoms with E-state index >= 15 is 0 Å². The van der Waals surface area contributed by atoms with Crippen molar-refractivity contribution >= 4 is 46.0 Å². The zero-order chi connectivity index (χ0) is 19.9. The molecule has 0 saturated carbocycles. The monoisotopic (exact) mass is 384 g/mol. The molecule has 0 radical (unpaired) electrons. The smallest absolute Gasteiger partial charge is 0.0464 e. The van der Waals surface area contributed by atoms with Crippen LogP contribution in [0.25, 0.3) is 23.3 Å². The molecule has 0 spiro atoms. The summed E-state index contributed by atoms with van der Waals surface area (Å²) in [5.74, 6) is 0. The van der Waals surface area contributed by atoms with Crippen LogP contribution in [0.5, 0.6) is 0 Å². The van der Waals surface area contributed by atoms with E-state index in [9.17, 15) is 0 Å². The zero-order valence-corrected chi connectivity index (χ0v) is 16.4. The minimum atomic E-state index is 1.12. The van der Waals surface area contributed by atoms with E-state index in [4.69, 9.17) is 0 Å². The van der Waals surface area contributed by atoms with Crippen molar-refractivity contribution in [1.29, 1.82) is 0 Å². The van der Waals surface area contributed by atoms with E-state index < -0.39 is 0 Å². The summed E-state index contributed by atoms with van der Waals surface area (Å²) < 4.78 is 0. The number of anilines is 4. The number of fused-ring (bicyclic) bond motifs is 4. The first-order valence-corrected chi connectivity index (χ1v) is 10.2. The van der Waals surface area contributed by atoms with Crippen LogP contribution in [-0.4, -0.2) is 0 Å². The number of rotatable bonds is 1. The van der Waals surface area contributed by atoms with Crippen LogP contribution >= 0.6 is 0 Å². The van der Waals surface area contributed by atoms with E-state index in [0.29, 0.717) is 0 Å². The predicted octanol–water partition coefficient (Wildman–Crippen LogP) is 7.58. The zero-order valence-electron chi connectivity index (χ0n) is 16.4. The molecule has 2 heteroatoms. The number of allylic oxidation sites excluding steroid dienone is 2. The van der Waals surface area contributed by atoms with Crippen LogP contribution in [0.1, 0.15) is 22.3 Å². The highest BCUT2D eigenvalue weighted by Gasteiger charge is 2.22. The van der Waals surface area contributed by atoms with Gasteiger partial charge in [-0.2, -0.15) is 0 Å². The standard InChI is InChI=1S/C28H20N2/c1-5-13-25-19(9-1)17-23(21-11-3-7-15-27(21)29-25)24-18-20-10-2-6-14-26(20)30-28-16-8-4-12-22(24)28/h1-18,29-30H. The summed E-state index contributed by atoms with van der Waals surface area (Å²) in [6.07, 6.45) is 4.62. The van der Waals surface area contributed by atoms with Crippen molar-refractivity contribution < 1.29 is 0 Å². The van der Waals surface area contributed by atoms with Crippen LogP contribution in [0.2, 0.25) is 0 Å². The van der Waals surface area contributed by atoms with Gasteiger partial charge in [0, 0.05) is 33.9 Å². The summed E-state index contributed by atoms with van der Waals surface area (Å²) in [7, 11) is 0. The fraction of sp³-hybridized carbons (Fsp3) is 0. The third kappa shape index (κ3) is 2.73. The average Bonchev–Trinajstić information content (AvgIpc) is 3.06. The second-order valence-corrected chi connectivity index (χ2v) is 7.63. The van der Waals surface area contributed by atoms with E-state index in [1.807, 2.05) is 0 Å². The Balaban J connectivity index is 1.68. The Kier molecular flexibility index (Phi) is 3.82. The molecule has 2 N–H and O–H groups in total. The molecule has 0 amide bonds. The number of benzene rings is 4. The molecule has 0 aliphatic carbocycles. The second kappa shape index (κ2) is 6.78. The van der Waals surface area contributed by atoms with Crippen molar-refractivity contribution in [3.8, 4) is 0 Å². The SMILES string of the molecule is C1=C(C2=Cc3ccccc3Nc3ccccc32)c2ccccc2Nc2ccccc21. The molecule has 0 bridgehead atoms. The Bertz CT molecular complexity index is 1240. The maximum atomic E-state index is 3.64. The van der Waals surface area contributed by atoms with Crippen molar-refractivity contribution in [1.82, 2.24) is 0 Å². The minimum absolute atomic E-state index is 1.12. The van der Waals surface area contributed by atoms with Crippen LogP contribution in [0, 0.1) is 0 Å². The fourth-order valence-corrected chi connectivity index (χ4v) is 4.33. The van der Waals surface area contributed by atoms with Gasteiger partial charge in [0.05, 0.1) is 0 Å².